The van der Waals surface area contributed by atoms with Gasteiger partial charge in [0, 0.05) is 0 Å². The second kappa shape index (κ2) is 3.51. The summed E-state index contributed by atoms with van der Waals surface area (Å²) in [5, 5.41) is 18.7. The second-order valence-electron chi connectivity index (χ2n) is 4.84. The Morgan fingerprint density at radius 1 is 1.54 bits per heavy atom. The van der Waals surface area contributed by atoms with Crippen molar-refractivity contribution in [1.82, 2.24) is 0 Å². The summed E-state index contributed by atoms with van der Waals surface area (Å²) in [4.78, 5) is 0. The number of aliphatic hydroxyl groups excluding tert-OH is 1. The highest BCUT2D eigenvalue weighted by Gasteiger charge is 2.28. The molecule has 1 aliphatic rings. The summed E-state index contributed by atoms with van der Waals surface area (Å²) >= 11 is 0. The van der Waals surface area contributed by atoms with Crippen molar-refractivity contribution >= 4 is 0 Å². The summed E-state index contributed by atoms with van der Waals surface area (Å²) in [6.07, 6.45) is 3.64. The van der Waals surface area contributed by atoms with E-state index in [1.54, 1.807) is 0 Å². The first-order valence-electron chi connectivity index (χ1n) is 4.75. The molecule has 0 bridgehead atoms. The third kappa shape index (κ3) is 2.86. The van der Waals surface area contributed by atoms with Gasteiger partial charge in [0.2, 0.25) is 0 Å². The van der Waals surface area contributed by atoms with E-state index in [1.165, 1.54) is 12.8 Å². The standard InChI is InChI=1S/C11H17NO/c1-11(2,3)10(13)9(7-12)6-8-4-5-8/h6,8,10,13H,4-5H2,1-3H3/b9-6+. The Balaban J connectivity index is 2.72. The van der Waals surface area contributed by atoms with Crippen LogP contribution >= 0.6 is 0 Å². The lowest BCUT2D eigenvalue weighted by Crippen LogP contribution is -2.27. The normalized spacial score (nSPS) is 21.0. The molecule has 1 fully saturated rings. The quantitative estimate of drug-likeness (QED) is 0.661. The first-order valence-corrected chi connectivity index (χ1v) is 4.75. The lowest BCUT2D eigenvalue weighted by molar-refractivity contribution is 0.0983. The topological polar surface area (TPSA) is 44.0 Å². The molecule has 2 heteroatoms. The molecule has 1 unspecified atom stereocenters. The number of aliphatic hydroxyl groups is 1. The van der Waals surface area contributed by atoms with Crippen LogP contribution < -0.4 is 0 Å². The molecule has 0 spiro atoms. The lowest BCUT2D eigenvalue weighted by Gasteiger charge is -2.25. The molecule has 72 valence electrons. The van der Waals surface area contributed by atoms with Crippen LogP contribution in [0.1, 0.15) is 33.6 Å². The van der Waals surface area contributed by atoms with Gasteiger partial charge in [0.15, 0.2) is 0 Å². The summed E-state index contributed by atoms with van der Waals surface area (Å²) < 4.78 is 0. The number of nitrogens with zero attached hydrogens (tertiary/aromatic N) is 1. The highest BCUT2D eigenvalue weighted by Crippen LogP contribution is 2.34. The average Bonchev–Trinajstić information content (AvgIpc) is 2.80. The SMILES string of the molecule is CC(C)(C)C(O)/C(C#N)=C/C1CC1. The fourth-order valence-corrected chi connectivity index (χ4v) is 1.17. The third-order valence-electron chi connectivity index (χ3n) is 2.28. The Morgan fingerprint density at radius 2 is 2.08 bits per heavy atom. The zero-order valence-electron chi connectivity index (χ0n) is 8.54. The van der Waals surface area contributed by atoms with Crippen molar-refractivity contribution in [3.8, 4) is 6.07 Å². The molecule has 0 heterocycles. The molecule has 0 aliphatic heterocycles. The van der Waals surface area contributed by atoms with Crippen LogP contribution in [0, 0.1) is 22.7 Å². The molecule has 0 saturated heterocycles. The van der Waals surface area contributed by atoms with Crippen LogP contribution in [0.25, 0.3) is 0 Å². The highest BCUT2D eigenvalue weighted by molar-refractivity contribution is 5.28. The maximum absolute atomic E-state index is 9.83. The number of nitriles is 1. The van der Waals surface area contributed by atoms with E-state index < -0.39 is 6.10 Å². The number of hydrogen-bond donors (Lipinski definition) is 1. The van der Waals surface area contributed by atoms with Gasteiger partial charge in [-0.25, -0.2) is 0 Å². The highest BCUT2D eigenvalue weighted by atomic mass is 16.3. The Labute approximate surface area is 79.9 Å². The van der Waals surface area contributed by atoms with Crippen LogP contribution in [-0.2, 0) is 0 Å². The predicted molar refractivity (Wildman–Crippen MR) is 51.9 cm³/mol. The minimum Gasteiger partial charge on any atom is -0.387 e. The lowest BCUT2D eigenvalue weighted by atomic mass is 9.84. The van der Waals surface area contributed by atoms with E-state index in [2.05, 4.69) is 6.07 Å². The Kier molecular flexibility index (Phi) is 2.77. The van der Waals surface area contributed by atoms with Gasteiger partial charge < -0.3 is 5.11 Å². The van der Waals surface area contributed by atoms with Gasteiger partial charge in [0.05, 0.1) is 17.7 Å². The van der Waals surface area contributed by atoms with Gasteiger partial charge in [-0.3, -0.25) is 0 Å². The van der Waals surface area contributed by atoms with Gasteiger partial charge in [-0.1, -0.05) is 26.8 Å². The van der Waals surface area contributed by atoms with Gasteiger partial charge in [-0.05, 0) is 24.2 Å². The van der Waals surface area contributed by atoms with E-state index in [9.17, 15) is 5.11 Å². The van der Waals surface area contributed by atoms with Crippen molar-refractivity contribution in [1.29, 1.82) is 5.26 Å². The van der Waals surface area contributed by atoms with Crippen molar-refractivity contribution < 1.29 is 5.11 Å². The van der Waals surface area contributed by atoms with E-state index in [0.29, 0.717) is 11.5 Å². The number of hydrogen-bond acceptors (Lipinski definition) is 2. The molecular formula is C11H17NO. The van der Waals surface area contributed by atoms with Gasteiger partial charge >= 0.3 is 0 Å². The Bertz CT molecular complexity index is 250. The van der Waals surface area contributed by atoms with Crippen LogP contribution in [0.15, 0.2) is 11.6 Å². The smallest absolute Gasteiger partial charge is 0.0971 e. The van der Waals surface area contributed by atoms with Crippen LogP contribution in [0.3, 0.4) is 0 Å². The molecule has 2 nitrogen and oxygen atoms in total. The zero-order valence-corrected chi connectivity index (χ0v) is 8.54. The van der Waals surface area contributed by atoms with Gasteiger partial charge in [-0.15, -0.1) is 0 Å². The predicted octanol–water partition coefficient (Wildman–Crippen LogP) is 2.25. The van der Waals surface area contributed by atoms with Gasteiger partial charge in [0.1, 0.15) is 0 Å². The molecule has 0 amide bonds. The van der Waals surface area contributed by atoms with E-state index >= 15 is 0 Å². The molecule has 1 rings (SSSR count). The summed E-state index contributed by atoms with van der Waals surface area (Å²) in [5.74, 6) is 0.548. The fourth-order valence-electron chi connectivity index (χ4n) is 1.17. The molecule has 0 aromatic carbocycles. The van der Waals surface area contributed by atoms with E-state index in [1.807, 2.05) is 26.8 Å². The van der Waals surface area contributed by atoms with Crippen LogP contribution in [0.4, 0.5) is 0 Å². The third-order valence-corrected chi connectivity index (χ3v) is 2.28. The summed E-state index contributed by atoms with van der Waals surface area (Å²) in [6.45, 7) is 5.82. The van der Waals surface area contributed by atoms with Gasteiger partial charge in [0.25, 0.3) is 0 Å². The van der Waals surface area contributed by atoms with Crippen molar-refractivity contribution in [3.05, 3.63) is 11.6 Å². The van der Waals surface area contributed by atoms with Crippen molar-refractivity contribution in [2.75, 3.05) is 0 Å². The fraction of sp³-hybridized carbons (Fsp3) is 0.727. The number of allylic oxidation sites excluding steroid dienone is 1. The molecule has 0 radical (unpaired) electrons. The molecule has 1 atom stereocenters. The Morgan fingerprint density at radius 3 is 2.38 bits per heavy atom. The summed E-state index contributed by atoms with van der Waals surface area (Å²) in [7, 11) is 0. The summed E-state index contributed by atoms with van der Waals surface area (Å²) in [5.41, 5.74) is 0.297. The molecular weight excluding hydrogens is 162 g/mol. The minimum atomic E-state index is -0.627. The minimum absolute atomic E-state index is 0.240. The van der Waals surface area contributed by atoms with Crippen LogP contribution in [0.2, 0.25) is 0 Å². The van der Waals surface area contributed by atoms with Crippen molar-refractivity contribution in [3.63, 3.8) is 0 Å². The van der Waals surface area contributed by atoms with E-state index in [0.717, 1.165) is 0 Å². The maximum atomic E-state index is 9.83. The van der Waals surface area contributed by atoms with Crippen LogP contribution in [-0.4, -0.2) is 11.2 Å². The zero-order chi connectivity index (χ0) is 10.1. The molecule has 13 heavy (non-hydrogen) atoms. The molecule has 0 aromatic rings. The first-order chi connectivity index (χ1) is 5.95. The largest absolute Gasteiger partial charge is 0.387 e. The Hall–Kier alpha value is -0.810. The maximum Gasteiger partial charge on any atom is 0.0971 e. The summed E-state index contributed by atoms with van der Waals surface area (Å²) in [6, 6.07) is 2.09. The second-order valence-corrected chi connectivity index (χ2v) is 4.84. The monoisotopic (exact) mass is 179 g/mol. The molecule has 1 aliphatic carbocycles. The van der Waals surface area contributed by atoms with E-state index in [-0.39, 0.29) is 5.41 Å². The van der Waals surface area contributed by atoms with Crippen LogP contribution in [0.5, 0.6) is 0 Å². The average molecular weight is 179 g/mol. The molecule has 1 N–H and O–H groups in total. The van der Waals surface area contributed by atoms with Gasteiger partial charge in [-0.2, -0.15) is 5.26 Å². The molecule has 0 aromatic heterocycles. The van der Waals surface area contributed by atoms with Crippen molar-refractivity contribution in [2.45, 2.75) is 39.7 Å². The van der Waals surface area contributed by atoms with E-state index in [4.69, 9.17) is 5.26 Å². The first kappa shape index (κ1) is 10.3. The number of rotatable bonds is 2. The van der Waals surface area contributed by atoms with Crippen molar-refractivity contribution in [2.24, 2.45) is 11.3 Å². The molecule has 1 saturated carbocycles.